The summed E-state index contributed by atoms with van der Waals surface area (Å²) in [5.74, 6) is 0. The third kappa shape index (κ3) is 99.2. The Labute approximate surface area is 40.7 Å². The third-order valence-corrected chi connectivity index (χ3v) is 0. The molecule has 6 heavy (non-hydrogen) atoms. The van der Waals surface area contributed by atoms with Crippen LogP contribution in [0.25, 0.3) is 0 Å². The van der Waals surface area contributed by atoms with E-state index in [0.29, 0.717) is 0 Å². The molecule has 0 aromatic heterocycles. The molecule has 0 radical (unpaired) electrons. The van der Waals surface area contributed by atoms with Gasteiger partial charge in [-0.2, -0.15) is 0 Å². The average molecular weight is 314 g/mol. The zero-order valence-corrected chi connectivity index (χ0v) is 9.07. The normalized spacial score (nSPS) is 19.0. The van der Waals surface area contributed by atoms with E-state index in [9.17, 15) is 2.24 Å². The zero-order valence-electron chi connectivity index (χ0n) is 4.91. The summed E-state index contributed by atoms with van der Waals surface area (Å²) < 4.78 is 18.4. The molecule has 0 amide bonds. The first-order valence-electron chi connectivity index (χ1n) is 2.20. The third-order valence-electron chi connectivity index (χ3n) is 0. The predicted octanol–water partition coefficient (Wildman–Crippen LogP) is 2.22. The molecule has 2 heteroatoms. The van der Waals surface area contributed by atoms with Crippen LogP contribution in [-0.2, 0) is 2.24 Å². The van der Waals surface area contributed by atoms with Crippen molar-refractivity contribution < 1.29 is 24.9 Å². The maximum absolute atomic E-state index is 10.9. The quantitative estimate of drug-likeness (QED) is 0.670. The number of hydrogen-bond donors (Lipinski definition) is 0. The second-order valence-corrected chi connectivity index (χ2v) is 35.6. The first kappa shape index (κ1) is 6.85. The Bertz CT molecular complexity index is 85.2. The molecule has 0 aliphatic carbocycles. The molecule has 0 saturated carbocycles. The summed E-state index contributed by atoms with van der Waals surface area (Å²) in [5, 5.41) is 0. The van der Waals surface area contributed by atoms with E-state index in [0.717, 1.165) is 0 Å². The molecule has 0 rings (SSSR count). The fourth-order valence-electron chi connectivity index (χ4n) is 0. The van der Waals surface area contributed by atoms with Crippen LogP contribution in [0.2, 0.25) is 15.8 Å². The van der Waals surface area contributed by atoms with E-state index in [1.165, 1.54) is 0 Å². The van der Waals surface area contributed by atoms with Gasteiger partial charge in [0.15, 0.2) is 0 Å². The molecule has 1 nitrogen and oxygen atoms in total. The van der Waals surface area contributed by atoms with Gasteiger partial charge in [0.2, 0.25) is 0 Å². The van der Waals surface area contributed by atoms with Gasteiger partial charge in [0, 0.05) is 0 Å². The summed E-state index contributed by atoms with van der Waals surface area (Å²) in [4.78, 5) is 0. The Balaban J connectivity index is 4.16. The molecule has 38 valence electrons. The molecule has 0 aromatic carbocycles. The van der Waals surface area contributed by atoms with Crippen molar-refractivity contribution in [2.24, 2.45) is 0 Å². The summed E-state index contributed by atoms with van der Waals surface area (Å²) in [7, 11) is 0. The van der Waals surface area contributed by atoms with Crippen molar-refractivity contribution in [2.45, 2.75) is 15.8 Å². The Morgan fingerprint density at radius 3 is 1.00 bits per heavy atom. The number of rotatable bonds is 0. The van der Waals surface area contributed by atoms with Crippen LogP contribution in [0.3, 0.4) is 0 Å². The zero-order chi connectivity index (χ0) is 5.45. The predicted molar refractivity (Wildman–Crippen MR) is 24.1 cm³/mol. The van der Waals surface area contributed by atoms with E-state index in [2.05, 4.69) is 0 Å². The van der Waals surface area contributed by atoms with E-state index < -0.39 is 22.7 Å². The van der Waals surface area contributed by atoms with Crippen LogP contribution in [0, 0.1) is 22.7 Å². The van der Waals surface area contributed by atoms with E-state index in [1.54, 1.807) is 0 Å². The van der Waals surface area contributed by atoms with Crippen molar-refractivity contribution >= 4 is 0 Å². The van der Waals surface area contributed by atoms with Gasteiger partial charge >= 0.3 is 40.8 Å². The van der Waals surface area contributed by atoms with Crippen molar-refractivity contribution in [3.63, 3.8) is 0 Å². The van der Waals surface area contributed by atoms with Crippen LogP contribution in [-0.4, -0.2) is 0 Å². The summed E-state index contributed by atoms with van der Waals surface area (Å²) in [6.45, 7) is 0. The fraction of sp³-hybridized carbons (Fsp3) is 1.00. The van der Waals surface area contributed by atoms with Crippen LogP contribution >= 0.6 is 0 Å². The van der Waals surface area contributed by atoms with Crippen molar-refractivity contribution in [1.29, 1.82) is 0 Å². The summed E-state index contributed by atoms with van der Waals surface area (Å²) in [6, 6.07) is 0. The van der Waals surface area contributed by atoms with Gasteiger partial charge in [0.1, 0.15) is 0 Å². The Morgan fingerprint density at radius 2 is 1.00 bits per heavy atom. The molecule has 0 bridgehead atoms. The van der Waals surface area contributed by atoms with Gasteiger partial charge in [0.25, 0.3) is 0 Å². The van der Waals surface area contributed by atoms with Gasteiger partial charge in [-0.3, -0.25) is 0 Å². The summed E-state index contributed by atoms with van der Waals surface area (Å²) in [6.07, 6.45) is 0. The molecule has 0 saturated heterocycles. The Kier molecular flexibility index (Phi) is 1.34. The van der Waals surface area contributed by atoms with Gasteiger partial charge in [-0.1, -0.05) is 0 Å². The molecular weight excluding hydrogens is 302 g/mol. The molecule has 0 aliphatic rings. The molecule has 0 N–H and O–H groups in total. The Morgan fingerprint density at radius 1 is 1.00 bits per heavy atom. The van der Waals surface area contributed by atoms with Gasteiger partial charge in [-0.15, -0.1) is 0 Å². The SMILES string of the molecule is [CH3][U]([CH3])([CH3])([CH3])=[O]. The van der Waals surface area contributed by atoms with Gasteiger partial charge < -0.3 is 0 Å². The second kappa shape index (κ2) is 1.17. The van der Waals surface area contributed by atoms with Crippen LogP contribution in [0.15, 0.2) is 0 Å². The molecule has 0 spiro atoms. The average Bonchev–Trinajstić information content (AvgIpc) is 0.650. The monoisotopic (exact) mass is 314 g/mol. The van der Waals surface area contributed by atoms with Crippen molar-refractivity contribution in [1.82, 2.24) is 0 Å². The second-order valence-electron chi connectivity index (χ2n) is 3.82. The molecule has 0 heterocycles. The van der Waals surface area contributed by atoms with E-state index in [4.69, 9.17) is 0 Å². The standard InChI is InChI=1S/4CH3.O.U/h4*1H3;;. The van der Waals surface area contributed by atoms with Crippen molar-refractivity contribution in [3.05, 3.63) is 0 Å². The van der Waals surface area contributed by atoms with E-state index >= 15 is 0 Å². The van der Waals surface area contributed by atoms with Crippen molar-refractivity contribution in [3.8, 4) is 0 Å². The first-order chi connectivity index (χ1) is 2.24. The molecule has 0 atom stereocenters. The summed E-state index contributed by atoms with van der Waals surface area (Å²) >= 11 is -3.15. The minimum atomic E-state index is -3.15. The topological polar surface area (TPSA) is 17.1 Å². The van der Waals surface area contributed by atoms with E-state index in [1.807, 2.05) is 15.8 Å². The van der Waals surface area contributed by atoms with Gasteiger partial charge in [0.05, 0.1) is 0 Å². The van der Waals surface area contributed by atoms with E-state index in [-0.39, 0.29) is 0 Å². The van der Waals surface area contributed by atoms with Gasteiger partial charge in [-0.05, 0) is 0 Å². The molecular formula is C4H12OU. The van der Waals surface area contributed by atoms with Crippen molar-refractivity contribution in [2.75, 3.05) is 0 Å². The van der Waals surface area contributed by atoms with Crippen LogP contribution in [0.5, 0.6) is 0 Å². The van der Waals surface area contributed by atoms with Crippen LogP contribution in [0.1, 0.15) is 0 Å². The van der Waals surface area contributed by atoms with Gasteiger partial charge in [-0.25, -0.2) is 0 Å². The molecule has 0 fully saturated rings. The maximum atomic E-state index is 10.9. The molecule has 0 aliphatic heterocycles. The fourth-order valence-corrected chi connectivity index (χ4v) is 0. The summed E-state index contributed by atoms with van der Waals surface area (Å²) in [5.41, 5.74) is 0. The number of hydrogen-bond acceptors (Lipinski definition) is 1. The first-order valence-corrected chi connectivity index (χ1v) is 20.6. The molecule has 0 unspecified atom stereocenters. The Hall–Kier alpha value is 0.852. The molecule has 0 aromatic rings. The van der Waals surface area contributed by atoms with Crippen LogP contribution < -0.4 is 0 Å². The minimum absolute atomic E-state index is 1.88. The van der Waals surface area contributed by atoms with Crippen LogP contribution in [0.4, 0.5) is 0 Å².